The Balaban J connectivity index is 1.27. The average molecular weight is 376 g/mol. The molecule has 0 spiro atoms. The van der Waals surface area contributed by atoms with Crippen LogP contribution in [0.3, 0.4) is 0 Å². The van der Waals surface area contributed by atoms with E-state index < -0.39 is 0 Å². The number of rotatable bonds is 7. The van der Waals surface area contributed by atoms with Crippen molar-refractivity contribution in [2.24, 2.45) is 16.9 Å². The molecule has 5 nitrogen and oxygen atoms in total. The highest BCUT2D eigenvalue weighted by molar-refractivity contribution is 5.98. The SMILES string of the molecule is CCOc1ccc(OCc2ccc(C(=O)N/N=C3/C[C@H]4C=CC[C@@H]34)cc2)cc1. The van der Waals surface area contributed by atoms with E-state index in [0.717, 1.165) is 35.6 Å². The molecule has 4 rings (SSSR count). The number of hydrazone groups is 1. The van der Waals surface area contributed by atoms with E-state index in [9.17, 15) is 4.79 Å². The van der Waals surface area contributed by atoms with E-state index in [-0.39, 0.29) is 5.91 Å². The fourth-order valence-corrected chi connectivity index (χ4v) is 3.57. The largest absolute Gasteiger partial charge is 0.494 e. The van der Waals surface area contributed by atoms with Gasteiger partial charge >= 0.3 is 0 Å². The second-order valence-electron chi connectivity index (χ2n) is 7.07. The topological polar surface area (TPSA) is 59.9 Å². The number of ether oxygens (including phenoxy) is 2. The van der Waals surface area contributed by atoms with Gasteiger partial charge in [-0.1, -0.05) is 24.3 Å². The van der Waals surface area contributed by atoms with Gasteiger partial charge in [-0.05, 0) is 67.6 Å². The fraction of sp³-hybridized carbons (Fsp3) is 0.304. The molecule has 144 valence electrons. The van der Waals surface area contributed by atoms with Crippen molar-refractivity contribution < 1.29 is 14.3 Å². The van der Waals surface area contributed by atoms with Gasteiger partial charge in [-0.25, -0.2) is 5.43 Å². The maximum absolute atomic E-state index is 12.3. The smallest absolute Gasteiger partial charge is 0.271 e. The molecule has 0 radical (unpaired) electrons. The van der Waals surface area contributed by atoms with Gasteiger partial charge in [0.05, 0.1) is 6.61 Å². The van der Waals surface area contributed by atoms with E-state index in [1.54, 1.807) is 12.1 Å². The lowest BCUT2D eigenvalue weighted by Gasteiger charge is -2.31. The zero-order valence-electron chi connectivity index (χ0n) is 15.9. The molecule has 2 aliphatic rings. The molecule has 5 heteroatoms. The van der Waals surface area contributed by atoms with E-state index in [1.807, 2.05) is 43.3 Å². The van der Waals surface area contributed by atoms with Crippen LogP contribution in [0.5, 0.6) is 11.5 Å². The molecule has 1 fully saturated rings. The van der Waals surface area contributed by atoms with Crippen LogP contribution >= 0.6 is 0 Å². The Morgan fingerprint density at radius 3 is 2.46 bits per heavy atom. The number of fused-ring (bicyclic) bond motifs is 1. The summed E-state index contributed by atoms with van der Waals surface area (Å²) in [5.74, 6) is 2.56. The van der Waals surface area contributed by atoms with Crippen molar-refractivity contribution >= 4 is 11.6 Å². The molecule has 0 heterocycles. The number of carbonyl (C=O) groups excluding carboxylic acids is 1. The Kier molecular flexibility index (Phi) is 5.42. The molecule has 2 atom stereocenters. The van der Waals surface area contributed by atoms with E-state index in [4.69, 9.17) is 9.47 Å². The Bertz CT molecular complexity index is 885. The lowest BCUT2D eigenvalue weighted by molar-refractivity contribution is 0.0954. The maximum atomic E-state index is 12.3. The third kappa shape index (κ3) is 4.09. The average Bonchev–Trinajstić information content (AvgIpc) is 3.09. The van der Waals surface area contributed by atoms with Gasteiger partial charge in [0.2, 0.25) is 0 Å². The van der Waals surface area contributed by atoms with Gasteiger partial charge in [-0.3, -0.25) is 4.79 Å². The Hall–Kier alpha value is -3.08. The zero-order valence-corrected chi connectivity index (χ0v) is 15.9. The number of benzene rings is 2. The highest BCUT2D eigenvalue weighted by atomic mass is 16.5. The second kappa shape index (κ2) is 8.30. The molecule has 1 amide bonds. The second-order valence-corrected chi connectivity index (χ2v) is 7.07. The van der Waals surface area contributed by atoms with Crippen molar-refractivity contribution in [1.82, 2.24) is 5.43 Å². The van der Waals surface area contributed by atoms with Crippen LogP contribution < -0.4 is 14.9 Å². The molecule has 1 saturated carbocycles. The third-order valence-corrected chi connectivity index (χ3v) is 5.22. The van der Waals surface area contributed by atoms with Gasteiger partial charge < -0.3 is 9.47 Å². The molecule has 0 unspecified atom stereocenters. The predicted octanol–water partition coefficient (Wildman–Crippen LogP) is 4.35. The summed E-state index contributed by atoms with van der Waals surface area (Å²) in [4.78, 5) is 12.3. The highest BCUT2D eigenvalue weighted by Gasteiger charge is 2.38. The number of amides is 1. The van der Waals surface area contributed by atoms with Crippen LogP contribution in [-0.4, -0.2) is 18.2 Å². The summed E-state index contributed by atoms with van der Waals surface area (Å²) in [6.45, 7) is 3.04. The number of hydrogen-bond donors (Lipinski definition) is 1. The summed E-state index contributed by atoms with van der Waals surface area (Å²) < 4.78 is 11.2. The standard InChI is InChI=1S/C23H24N2O3/c1-2-27-19-10-12-20(13-11-19)28-15-16-6-8-17(9-7-16)23(26)25-24-22-14-18-4-3-5-21(18)22/h3-4,6-13,18,21H,2,5,14-15H2,1H3,(H,25,26)/b24-22-/t18-,21-/m1/s1. The van der Waals surface area contributed by atoms with Gasteiger partial charge in [0.1, 0.15) is 18.1 Å². The lowest BCUT2D eigenvalue weighted by Crippen LogP contribution is -2.35. The maximum Gasteiger partial charge on any atom is 0.271 e. The molecule has 0 bridgehead atoms. The van der Waals surface area contributed by atoms with Crippen molar-refractivity contribution in [3.63, 3.8) is 0 Å². The number of hydrogen-bond acceptors (Lipinski definition) is 4. The van der Waals surface area contributed by atoms with Crippen molar-refractivity contribution in [3.05, 3.63) is 71.8 Å². The number of nitrogens with one attached hydrogen (secondary N) is 1. The van der Waals surface area contributed by atoms with Crippen LogP contribution in [0.2, 0.25) is 0 Å². The van der Waals surface area contributed by atoms with E-state index in [0.29, 0.717) is 30.6 Å². The normalized spacial score (nSPS) is 21.1. The minimum atomic E-state index is -0.180. The van der Waals surface area contributed by atoms with Gasteiger partial charge in [-0.15, -0.1) is 0 Å². The fourth-order valence-electron chi connectivity index (χ4n) is 3.57. The lowest BCUT2D eigenvalue weighted by atomic mass is 9.74. The molecule has 2 aromatic rings. The minimum absolute atomic E-state index is 0.180. The van der Waals surface area contributed by atoms with E-state index >= 15 is 0 Å². The van der Waals surface area contributed by atoms with Gasteiger partial charge in [-0.2, -0.15) is 5.10 Å². The Labute approximate surface area is 165 Å². The van der Waals surface area contributed by atoms with Crippen molar-refractivity contribution in [2.45, 2.75) is 26.4 Å². The first-order valence-electron chi connectivity index (χ1n) is 9.71. The molecule has 1 N–H and O–H groups in total. The van der Waals surface area contributed by atoms with E-state index in [2.05, 4.69) is 22.7 Å². The van der Waals surface area contributed by atoms with Crippen LogP contribution in [0.1, 0.15) is 35.7 Å². The molecule has 0 saturated heterocycles. The summed E-state index contributed by atoms with van der Waals surface area (Å²) in [6.07, 6.45) is 6.46. The third-order valence-electron chi connectivity index (χ3n) is 5.22. The molecule has 0 aliphatic heterocycles. The molecule has 28 heavy (non-hydrogen) atoms. The summed E-state index contributed by atoms with van der Waals surface area (Å²) in [5, 5.41) is 4.31. The van der Waals surface area contributed by atoms with Crippen LogP contribution in [0, 0.1) is 11.8 Å². The van der Waals surface area contributed by atoms with Crippen molar-refractivity contribution in [3.8, 4) is 11.5 Å². The molecular formula is C23H24N2O3. The van der Waals surface area contributed by atoms with Gasteiger partial charge in [0.15, 0.2) is 0 Å². The summed E-state index contributed by atoms with van der Waals surface area (Å²) in [7, 11) is 0. The van der Waals surface area contributed by atoms with E-state index in [1.165, 1.54) is 0 Å². The Morgan fingerprint density at radius 2 is 1.79 bits per heavy atom. The molecular weight excluding hydrogens is 352 g/mol. The summed E-state index contributed by atoms with van der Waals surface area (Å²) >= 11 is 0. The van der Waals surface area contributed by atoms with Crippen LogP contribution in [0.4, 0.5) is 0 Å². The van der Waals surface area contributed by atoms with Crippen LogP contribution in [0.25, 0.3) is 0 Å². The first kappa shape index (κ1) is 18.3. The highest BCUT2D eigenvalue weighted by Crippen LogP contribution is 2.40. The summed E-state index contributed by atoms with van der Waals surface area (Å²) in [6, 6.07) is 14.9. The van der Waals surface area contributed by atoms with Crippen LogP contribution in [0.15, 0.2) is 65.8 Å². The molecule has 2 aromatic carbocycles. The van der Waals surface area contributed by atoms with Gasteiger partial charge in [0.25, 0.3) is 5.91 Å². The van der Waals surface area contributed by atoms with Gasteiger partial charge in [0, 0.05) is 17.2 Å². The quantitative estimate of drug-likeness (QED) is 0.577. The molecule has 2 aliphatic carbocycles. The first-order chi connectivity index (χ1) is 13.7. The van der Waals surface area contributed by atoms with Crippen molar-refractivity contribution in [1.29, 1.82) is 0 Å². The Morgan fingerprint density at radius 1 is 1.07 bits per heavy atom. The number of nitrogens with zero attached hydrogens (tertiary/aromatic N) is 1. The zero-order chi connectivity index (χ0) is 19.3. The summed E-state index contributed by atoms with van der Waals surface area (Å²) in [5.41, 5.74) is 5.37. The molecule has 0 aromatic heterocycles. The minimum Gasteiger partial charge on any atom is -0.494 e. The number of allylic oxidation sites excluding steroid dienone is 2. The van der Waals surface area contributed by atoms with Crippen molar-refractivity contribution in [2.75, 3.05) is 6.61 Å². The first-order valence-corrected chi connectivity index (χ1v) is 9.71. The van der Waals surface area contributed by atoms with Crippen LogP contribution in [-0.2, 0) is 6.61 Å². The predicted molar refractivity (Wildman–Crippen MR) is 109 cm³/mol. The number of carbonyl (C=O) groups is 1. The monoisotopic (exact) mass is 376 g/mol.